The molecule has 1 aromatic rings. The van der Waals surface area contributed by atoms with Gasteiger partial charge in [0.1, 0.15) is 0 Å². The van der Waals surface area contributed by atoms with Crippen LogP contribution in [0, 0.1) is 0 Å². The highest BCUT2D eigenvalue weighted by Gasteiger charge is 1.96. The maximum absolute atomic E-state index is 5.47. The molecule has 0 saturated carbocycles. The number of rotatable bonds is 0. The molecule has 1 heterocycles. The SMILES string of the molecule is CN=c1nc(N)nc(N)n1C. The quantitative estimate of drug-likeness (QED) is 0.476. The molecular weight excluding hydrogens is 144 g/mol. The first-order valence-corrected chi connectivity index (χ1v) is 3.04. The summed E-state index contributed by atoms with van der Waals surface area (Å²) in [5.41, 5.74) is 11.3. The molecule has 0 aliphatic heterocycles. The summed E-state index contributed by atoms with van der Waals surface area (Å²) in [7, 11) is 3.33. The Hall–Kier alpha value is -1.59. The van der Waals surface area contributed by atoms with Crippen molar-refractivity contribution in [3.05, 3.63) is 5.62 Å². The van der Waals surface area contributed by atoms with Gasteiger partial charge in [-0.15, -0.1) is 0 Å². The van der Waals surface area contributed by atoms with E-state index in [9.17, 15) is 0 Å². The molecule has 60 valence electrons. The summed E-state index contributed by atoms with van der Waals surface area (Å²) < 4.78 is 1.55. The molecule has 0 spiro atoms. The Kier molecular flexibility index (Phi) is 1.75. The summed E-state index contributed by atoms with van der Waals surface area (Å²) in [6.07, 6.45) is 0. The second kappa shape index (κ2) is 2.57. The van der Waals surface area contributed by atoms with Crippen LogP contribution in [0.25, 0.3) is 0 Å². The molecule has 0 fully saturated rings. The van der Waals surface area contributed by atoms with Gasteiger partial charge in [-0.25, -0.2) is 0 Å². The maximum atomic E-state index is 5.47. The van der Waals surface area contributed by atoms with Crippen LogP contribution in [0.1, 0.15) is 0 Å². The number of anilines is 2. The van der Waals surface area contributed by atoms with Crippen molar-refractivity contribution in [2.45, 2.75) is 0 Å². The zero-order chi connectivity index (χ0) is 8.43. The molecule has 0 aliphatic carbocycles. The Labute approximate surface area is 63.6 Å². The normalized spacial score (nSPS) is 12.0. The molecule has 0 amide bonds. The average Bonchev–Trinajstić information content (AvgIpc) is 1.96. The van der Waals surface area contributed by atoms with E-state index in [2.05, 4.69) is 15.0 Å². The molecule has 0 bridgehead atoms. The van der Waals surface area contributed by atoms with Crippen LogP contribution in [0.2, 0.25) is 0 Å². The summed E-state index contributed by atoms with van der Waals surface area (Å²) in [5, 5.41) is 0. The highest BCUT2D eigenvalue weighted by Crippen LogP contribution is 1.90. The molecule has 1 rings (SSSR count). The third-order valence-electron chi connectivity index (χ3n) is 1.29. The Morgan fingerprint density at radius 2 is 2.00 bits per heavy atom. The molecule has 6 nitrogen and oxygen atoms in total. The molecule has 0 aliphatic rings. The van der Waals surface area contributed by atoms with Gasteiger partial charge in [0.15, 0.2) is 0 Å². The molecule has 0 aromatic carbocycles. The Morgan fingerprint density at radius 3 is 2.55 bits per heavy atom. The first-order chi connectivity index (χ1) is 5.15. The minimum atomic E-state index is 0.140. The minimum absolute atomic E-state index is 0.140. The number of nitrogen functional groups attached to an aromatic ring is 2. The second-order valence-corrected chi connectivity index (χ2v) is 2.02. The van der Waals surface area contributed by atoms with Crippen molar-refractivity contribution in [1.29, 1.82) is 0 Å². The van der Waals surface area contributed by atoms with Crippen molar-refractivity contribution in [2.75, 3.05) is 18.5 Å². The van der Waals surface area contributed by atoms with Crippen molar-refractivity contribution in [1.82, 2.24) is 14.5 Å². The van der Waals surface area contributed by atoms with Crippen LogP contribution in [0.5, 0.6) is 0 Å². The number of nitrogens with zero attached hydrogens (tertiary/aromatic N) is 4. The standard InChI is InChI=1S/C5H10N6/c1-8-5-10-3(6)9-4(7)11(5)2/h1-2H3,(H4,6,7,8,9,10). The fourth-order valence-electron chi connectivity index (χ4n) is 0.697. The van der Waals surface area contributed by atoms with E-state index in [1.54, 1.807) is 18.7 Å². The first-order valence-electron chi connectivity index (χ1n) is 3.04. The predicted octanol–water partition coefficient (Wildman–Crippen LogP) is -1.49. The molecule has 1 aromatic heterocycles. The monoisotopic (exact) mass is 154 g/mol. The van der Waals surface area contributed by atoms with E-state index < -0.39 is 0 Å². The summed E-state index contributed by atoms with van der Waals surface area (Å²) in [4.78, 5) is 11.4. The van der Waals surface area contributed by atoms with Crippen LogP contribution in [-0.4, -0.2) is 21.6 Å². The third-order valence-corrected chi connectivity index (χ3v) is 1.29. The summed E-state index contributed by atoms with van der Waals surface area (Å²) in [5.74, 6) is 0.444. The molecule has 0 atom stereocenters. The predicted molar refractivity (Wildman–Crippen MR) is 41.3 cm³/mol. The van der Waals surface area contributed by atoms with Gasteiger partial charge in [-0.3, -0.25) is 9.56 Å². The van der Waals surface area contributed by atoms with Crippen LogP contribution in [0.3, 0.4) is 0 Å². The molecule has 6 heteroatoms. The van der Waals surface area contributed by atoms with Crippen molar-refractivity contribution >= 4 is 11.9 Å². The van der Waals surface area contributed by atoms with Gasteiger partial charge in [-0.1, -0.05) is 0 Å². The van der Waals surface area contributed by atoms with Crippen molar-refractivity contribution in [2.24, 2.45) is 12.0 Å². The van der Waals surface area contributed by atoms with Gasteiger partial charge in [0.2, 0.25) is 17.5 Å². The molecule has 0 radical (unpaired) electrons. The van der Waals surface area contributed by atoms with Gasteiger partial charge >= 0.3 is 0 Å². The van der Waals surface area contributed by atoms with E-state index in [4.69, 9.17) is 11.5 Å². The van der Waals surface area contributed by atoms with E-state index in [0.29, 0.717) is 11.6 Å². The van der Waals surface area contributed by atoms with Gasteiger partial charge in [0, 0.05) is 14.1 Å². The molecule has 4 N–H and O–H groups in total. The van der Waals surface area contributed by atoms with E-state index in [1.807, 2.05) is 0 Å². The van der Waals surface area contributed by atoms with E-state index in [1.165, 1.54) is 0 Å². The summed E-state index contributed by atoms with van der Waals surface area (Å²) >= 11 is 0. The van der Waals surface area contributed by atoms with E-state index >= 15 is 0 Å². The summed E-state index contributed by atoms with van der Waals surface area (Å²) in [6.45, 7) is 0. The van der Waals surface area contributed by atoms with Gasteiger partial charge in [-0.2, -0.15) is 9.97 Å². The molecular formula is C5H10N6. The zero-order valence-corrected chi connectivity index (χ0v) is 6.44. The fraction of sp³-hybridized carbons (Fsp3) is 0.400. The van der Waals surface area contributed by atoms with E-state index in [0.717, 1.165) is 0 Å². The lowest BCUT2D eigenvalue weighted by Crippen LogP contribution is -2.26. The zero-order valence-electron chi connectivity index (χ0n) is 6.44. The summed E-state index contributed by atoms with van der Waals surface area (Å²) in [6, 6.07) is 0. The lowest BCUT2D eigenvalue weighted by atomic mass is 10.8. The number of hydrogen-bond acceptors (Lipinski definition) is 5. The molecule has 0 unspecified atom stereocenters. The first kappa shape index (κ1) is 7.52. The van der Waals surface area contributed by atoms with Crippen LogP contribution in [0.4, 0.5) is 11.9 Å². The highest BCUT2D eigenvalue weighted by molar-refractivity contribution is 5.24. The van der Waals surface area contributed by atoms with Crippen LogP contribution in [-0.2, 0) is 7.05 Å². The van der Waals surface area contributed by atoms with Crippen molar-refractivity contribution in [3.8, 4) is 0 Å². The minimum Gasteiger partial charge on any atom is -0.369 e. The lowest BCUT2D eigenvalue weighted by molar-refractivity contribution is 0.762. The van der Waals surface area contributed by atoms with Gasteiger partial charge in [0.05, 0.1) is 0 Å². The van der Waals surface area contributed by atoms with Gasteiger partial charge in [-0.05, 0) is 0 Å². The Balaban J connectivity index is 3.50. The maximum Gasteiger partial charge on any atom is 0.230 e. The van der Waals surface area contributed by atoms with Crippen LogP contribution in [0.15, 0.2) is 4.99 Å². The van der Waals surface area contributed by atoms with Crippen molar-refractivity contribution in [3.63, 3.8) is 0 Å². The van der Waals surface area contributed by atoms with Gasteiger partial charge < -0.3 is 11.5 Å². The van der Waals surface area contributed by atoms with Crippen LogP contribution < -0.4 is 17.1 Å². The Bertz CT molecular complexity index is 324. The number of nitrogens with two attached hydrogens (primary N) is 2. The smallest absolute Gasteiger partial charge is 0.230 e. The lowest BCUT2D eigenvalue weighted by Gasteiger charge is -2.02. The topological polar surface area (TPSA) is 95.1 Å². The molecule has 11 heavy (non-hydrogen) atoms. The third kappa shape index (κ3) is 1.28. The van der Waals surface area contributed by atoms with Gasteiger partial charge in [0.25, 0.3) is 0 Å². The highest BCUT2D eigenvalue weighted by atomic mass is 15.2. The average molecular weight is 154 g/mol. The number of hydrogen-bond donors (Lipinski definition) is 2. The fourth-order valence-corrected chi connectivity index (χ4v) is 0.697. The number of aromatic nitrogens is 3. The van der Waals surface area contributed by atoms with Crippen molar-refractivity contribution < 1.29 is 0 Å². The van der Waals surface area contributed by atoms with Crippen LogP contribution >= 0.6 is 0 Å². The Morgan fingerprint density at radius 1 is 1.36 bits per heavy atom. The largest absolute Gasteiger partial charge is 0.369 e. The van der Waals surface area contributed by atoms with E-state index in [-0.39, 0.29) is 5.95 Å². The molecule has 0 saturated heterocycles. The second-order valence-electron chi connectivity index (χ2n) is 2.02.